The van der Waals surface area contributed by atoms with Gasteiger partial charge in [-0.2, -0.15) is 0 Å². The molecule has 2 aromatic carbocycles. The SMILES string of the molecule is COc1ccc(CS(=O)(=O)c2ccccc2C(C)O)cc1. The first-order chi connectivity index (χ1) is 9.94. The van der Waals surface area contributed by atoms with Crippen molar-refractivity contribution in [3.63, 3.8) is 0 Å². The summed E-state index contributed by atoms with van der Waals surface area (Å²) in [4.78, 5) is 0.177. The molecular formula is C16H18O4S. The Hall–Kier alpha value is -1.85. The molecule has 0 bridgehead atoms. The Kier molecular flexibility index (Phi) is 4.65. The summed E-state index contributed by atoms with van der Waals surface area (Å²) >= 11 is 0. The van der Waals surface area contributed by atoms with Gasteiger partial charge in [0.25, 0.3) is 0 Å². The van der Waals surface area contributed by atoms with Crippen molar-refractivity contribution in [2.24, 2.45) is 0 Å². The normalized spacial score (nSPS) is 12.9. The standard InChI is InChI=1S/C16H18O4S/c1-12(17)15-5-3-4-6-16(15)21(18,19)11-13-7-9-14(20-2)10-8-13/h3-10,12,17H,11H2,1-2H3. The molecule has 0 aliphatic heterocycles. The average Bonchev–Trinajstić information content (AvgIpc) is 2.47. The number of aliphatic hydroxyl groups is 1. The van der Waals surface area contributed by atoms with Crippen LogP contribution in [0.5, 0.6) is 5.75 Å². The van der Waals surface area contributed by atoms with Crippen molar-refractivity contribution in [3.05, 3.63) is 59.7 Å². The zero-order valence-electron chi connectivity index (χ0n) is 12.0. The molecule has 0 amide bonds. The van der Waals surface area contributed by atoms with E-state index in [9.17, 15) is 13.5 Å². The van der Waals surface area contributed by atoms with Gasteiger partial charge in [0, 0.05) is 0 Å². The fourth-order valence-electron chi connectivity index (χ4n) is 2.13. The Morgan fingerprint density at radius 1 is 1.10 bits per heavy atom. The van der Waals surface area contributed by atoms with E-state index in [2.05, 4.69) is 0 Å². The Morgan fingerprint density at radius 2 is 1.71 bits per heavy atom. The minimum atomic E-state index is -3.51. The monoisotopic (exact) mass is 306 g/mol. The van der Waals surface area contributed by atoms with Gasteiger partial charge in [-0.3, -0.25) is 0 Å². The number of rotatable bonds is 5. The van der Waals surface area contributed by atoms with Crippen LogP contribution in [-0.2, 0) is 15.6 Å². The third-order valence-electron chi connectivity index (χ3n) is 3.22. The van der Waals surface area contributed by atoms with Crippen molar-refractivity contribution < 1.29 is 18.3 Å². The van der Waals surface area contributed by atoms with Crippen LogP contribution in [0.4, 0.5) is 0 Å². The molecule has 5 heteroatoms. The topological polar surface area (TPSA) is 63.6 Å². The minimum Gasteiger partial charge on any atom is -0.497 e. The molecule has 0 aliphatic carbocycles. The second kappa shape index (κ2) is 6.28. The average molecular weight is 306 g/mol. The fraction of sp³-hybridized carbons (Fsp3) is 0.250. The van der Waals surface area contributed by atoms with E-state index in [1.807, 2.05) is 0 Å². The lowest BCUT2D eigenvalue weighted by Gasteiger charge is -2.12. The molecular weight excluding hydrogens is 288 g/mol. The van der Waals surface area contributed by atoms with Crippen LogP contribution < -0.4 is 4.74 Å². The van der Waals surface area contributed by atoms with E-state index in [0.29, 0.717) is 16.9 Å². The summed E-state index contributed by atoms with van der Waals surface area (Å²) in [5.41, 5.74) is 1.10. The highest BCUT2D eigenvalue weighted by Gasteiger charge is 2.20. The first-order valence-corrected chi connectivity index (χ1v) is 8.22. The van der Waals surface area contributed by atoms with Crippen LogP contribution in [0.1, 0.15) is 24.2 Å². The lowest BCUT2D eigenvalue weighted by molar-refractivity contribution is 0.196. The predicted octanol–water partition coefficient (Wildman–Crippen LogP) is 2.72. The van der Waals surface area contributed by atoms with Crippen LogP contribution in [0, 0.1) is 0 Å². The van der Waals surface area contributed by atoms with Crippen molar-refractivity contribution in [2.75, 3.05) is 7.11 Å². The highest BCUT2D eigenvalue weighted by Crippen LogP contribution is 2.25. The van der Waals surface area contributed by atoms with Gasteiger partial charge in [0.2, 0.25) is 0 Å². The Bertz CT molecular complexity index is 703. The van der Waals surface area contributed by atoms with Crippen LogP contribution in [0.25, 0.3) is 0 Å². The van der Waals surface area contributed by atoms with Gasteiger partial charge in [-0.15, -0.1) is 0 Å². The summed E-state index contributed by atoms with van der Waals surface area (Å²) in [6.45, 7) is 1.56. The summed E-state index contributed by atoms with van der Waals surface area (Å²) in [7, 11) is -1.95. The van der Waals surface area contributed by atoms with Gasteiger partial charge in [0.05, 0.1) is 23.9 Å². The van der Waals surface area contributed by atoms with Crippen molar-refractivity contribution in [3.8, 4) is 5.75 Å². The summed E-state index contributed by atoms with van der Waals surface area (Å²) in [6.07, 6.45) is -0.827. The molecule has 0 aliphatic rings. The molecule has 4 nitrogen and oxygen atoms in total. The third-order valence-corrected chi connectivity index (χ3v) is 4.98. The molecule has 2 rings (SSSR count). The fourth-order valence-corrected chi connectivity index (χ4v) is 3.80. The Labute approximate surface area is 124 Å². The number of ether oxygens (including phenoxy) is 1. The van der Waals surface area contributed by atoms with Crippen LogP contribution in [-0.4, -0.2) is 20.6 Å². The largest absolute Gasteiger partial charge is 0.497 e. The second-order valence-corrected chi connectivity index (χ2v) is 6.78. The van der Waals surface area contributed by atoms with Crippen molar-refractivity contribution >= 4 is 9.84 Å². The first kappa shape index (κ1) is 15.5. The van der Waals surface area contributed by atoms with Gasteiger partial charge in [-0.05, 0) is 36.2 Å². The highest BCUT2D eigenvalue weighted by molar-refractivity contribution is 7.90. The van der Waals surface area contributed by atoms with Crippen molar-refractivity contribution in [1.29, 1.82) is 0 Å². The summed E-state index contributed by atoms with van der Waals surface area (Å²) in [6, 6.07) is 13.4. The van der Waals surface area contributed by atoms with Crippen LogP contribution in [0.2, 0.25) is 0 Å². The second-order valence-electron chi connectivity index (χ2n) is 4.82. The zero-order chi connectivity index (χ0) is 15.5. The predicted molar refractivity (Wildman–Crippen MR) is 81.0 cm³/mol. The van der Waals surface area contributed by atoms with Gasteiger partial charge in [0.15, 0.2) is 9.84 Å². The quantitative estimate of drug-likeness (QED) is 0.922. The van der Waals surface area contributed by atoms with E-state index in [1.165, 1.54) is 6.07 Å². The molecule has 1 atom stereocenters. The maximum absolute atomic E-state index is 12.5. The molecule has 0 aromatic heterocycles. The van der Waals surface area contributed by atoms with Crippen molar-refractivity contribution in [1.82, 2.24) is 0 Å². The molecule has 0 saturated heterocycles. The molecule has 1 unspecified atom stereocenters. The smallest absolute Gasteiger partial charge is 0.182 e. The number of sulfone groups is 1. The van der Waals surface area contributed by atoms with Gasteiger partial charge in [-0.25, -0.2) is 8.42 Å². The Morgan fingerprint density at radius 3 is 2.29 bits per heavy atom. The number of benzene rings is 2. The molecule has 0 fully saturated rings. The minimum absolute atomic E-state index is 0.110. The highest BCUT2D eigenvalue weighted by atomic mass is 32.2. The van der Waals surface area contributed by atoms with E-state index >= 15 is 0 Å². The first-order valence-electron chi connectivity index (χ1n) is 6.57. The number of hydrogen-bond donors (Lipinski definition) is 1. The molecule has 1 N–H and O–H groups in total. The Balaban J connectivity index is 2.34. The van der Waals surface area contributed by atoms with E-state index in [1.54, 1.807) is 56.5 Å². The molecule has 0 radical (unpaired) electrons. The molecule has 2 aromatic rings. The van der Waals surface area contributed by atoms with Gasteiger partial charge in [-0.1, -0.05) is 30.3 Å². The summed E-state index contributed by atoms with van der Waals surface area (Å²) < 4.78 is 30.1. The number of hydrogen-bond acceptors (Lipinski definition) is 4. The van der Waals surface area contributed by atoms with Crippen LogP contribution in [0.3, 0.4) is 0 Å². The van der Waals surface area contributed by atoms with Gasteiger partial charge < -0.3 is 9.84 Å². The van der Waals surface area contributed by atoms with Crippen LogP contribution >= 0.6 is 0 Å². The van der Waals surface area contributed by atoms with E-state index in [4.69, 9.17) is 4.74 Å². The maximum atomic E-state index is 12.5. The van der Waals surface area contributed by atoms with Crippen molar-refractivity contribution in [2.45, 2.75) is 23.7 Å². The van der Waals surface area contributed by atoms with Crippen LogP contribution in [0.15, 0.2) is 53.4 Å². The molecule has 0 saturated carbocycles. The summed E-state index contributed by atoms with van der Waals surface area (Å²) in [5, 5.41) is 9.72. The van der Waals surface area contributed by atoms with Gasteiger partial charge >= 0.3 is 0 Å². The molecule has 112 valence electrons. The summed E-state index contributed by atoms with van der Waals surface area (Å²) in [5.74, 6) is 0.571. The number of aliphatic hydroxyl groups excluding tert-OH is 1. The maximum Gasteiger partial charge on any atom is 0.182 e. The van der Waals surface area contributed by atoms with E-state index in [-0.39, 0.29) is 10.6 Å². The van der Waals surface area contributed by atoms with E-state index < -0.39 is 15.9 Å². The van der Waals surface area contributed by atoms with Gasteiger partial charge in [0.1, 0.15) is 5.75 Å². The lowest BCUT2D eigenvalue weighted by Crippen LogP contribution is -2.09. The molecule has 0 heterocycles. The lowest BCUT2D eigenvalue weighted by atomic mass is 10.1. The van der Waals surface area contributed by atoms with E-state index in [0.717, 1.165) is 0 Å². The number of methoxy groups -OCH3 is 1. The molecule has 0 spiro atoms. The zero-order valence-corrected chi connectivity index (χ0v) is 12.8. The molecule has 21 heavy (non-hydrogen) atoms. The third kappa shape index (κ3) is 3.62.